The molecule has 0 unspecified atom stereocenters. The Morgan fingerprint density at radius 3 is 2.85 bits per heavy atom. The molecule has 1 saturated heterocycles. The molecule has 0 bridgehead atoms. The lowest BCUT2D eigenvalue weighted by Gasteiger charge is -2.43. The second kappa shape index (κ2) is 6.15. The fourth-order valence-corrected chi connectivity index (χ4v) is 3.79. The van der Waals surface area contributed by atoms with Gasteiger partial charge in [-0.25, -0.2) is 0 Å². The molecule has 0 atom stereocenters. The maximum absolute atomic E-state index is 5.56. The molecule has 3 rings (SSSR count). The SMILES string of the molecule is COCC1(CN2CCCc3ccccc32)CCNCC1. The minimum Gasteiger partial charge on any atom is -0.384 e. The molecule has 0 saturated carbocycles. The van der Waals surface area contributed by atoms with Crippen molar-refractivity contribution < 1.29 is 4.74 Å². The number of methoxy groups -OCH3 is 1. The molecule has 0 aliphatic carbocycles. The van der Waals surface area contributed by atoms with Gasteiger partial charge in [-0.15, -0.1) is 0 Å². The molecule has 1 fully saturated rings. The Morgan fingerprint density at radius 2 is 2.05 bits per heavy atom. The van der Waals surface area contributed by atoms with Crippen LogP contribution in [0.2, 0.25) is 0 Å². The zero-order valence-electron chi connectivity index (χ0n) is 12.5. The zero-order valence-corrected chi connectivity index (χ0v) is 12.5. The summed E-state index contributed by atoms with van der Waals surface area (Å²) >= 11 is 0. The lowest BCUT2D eigenvalue weighted by molar-refractivity contribution is 0.0585. The van der Waals surface area contributed by atoms with Gasteiger partial charge in [0.1, 0.15) is 0 Å². The number of anilines is 1. The molecule has 0 spiro atoms. The van der Waals surface area contributed by atoms with Gasteiger partial charge in [-0.3, -0.25) is 0 Å². The van der Waals surface area contributed by atoms with Crippen molar-refractivity contribution in [2.45, 2.75) is 25.7 Å². The lowest BCUT2D eigenvalue weighted by Crippen LogP contribution is -2.48. The Kier molecular flexibility index (Phi) is 4.27. The van der Waals surface area contributed by atoms with Crippen LogP contribution in [0.3, 0.4) is 0 Å². The molecule has 2 heterocycles. The number of nitrogens with one attached hydrogen (secondary N) is 1. The Balaban J connectivity index is 1.79. The van der Waals surface area contributed by atoms with E-state index in [1.165, 1.54) is 43.5 Å². The van der Waals surface area contributed by atoms with Crippen molar-refractivity contribution >= 4 is 5.69 Å². The Hall–Kier alpha value is -1.06. The number of hydrogen-bond acceptors (Lipinski definition) is 3. The molecule has 3 nitrogen and oxygen atoms in total. The third kappa shape index (κ3) is 2.84. The summed E-state index contributed by atoms with van der Waals surface area (Å²) in [5.74, 6) is 0. The van der Waals surface area contributed by atoms with Gasteiger partial charge in [0.15, 0.2) is 0 Å². The Labute approximate surface area is 122 Å². The van der Waals surface area contributed by atoms with Crippen molar-refractivity contribution in [1.29, 1.82) is 0 Å². The smallest absolute Gasteiger partial charge is 0.0536 e. The van der Waals surface area contributed by atoms with Crippen molar-refractivity contribution in [3.63, 3.8) is 0 Å². The molecule has 1 aromatic rings. The standard InChI is InChI=1S/C17H26N2O/c1-20-14-17(8-10-18-11-9-17)13-19-12-4-6-15-5-2-3-7-16(15)19/h2-3,5,7,18H,4,6,8-14H2,1H3. The number of piperidine rings is 1. The second-order valence-corrected chi connectivity index (χ2v) is 6.34. The first kappa shape index (κ1) is 13.9. The third-order valence-electron chi connectivity index (χ3n) is 4.85. The number of benzene rings is 1. The molecule has 1 aromatic carbocycles. The van der Waals surface area contributed by atoms with E-state index >= 15 is 0 Å². The van der Waals surface area contributed by atoms with E-state index < -0.39 is 0 Å². The van der Waals surface area contributed by atoms with Gasteiger partial charge in [0.2, 0.25) is 0 Å². The van der Waals surface area contributed by atoms with Crippen LogP contribution in [0.15, 0.2) is 24.3 Å². The highest BCUT2D eigenvalue weighted by atomic mass is 16.5. The fourth-order valence-electron chi connectivity index (χ4n) is 3.79. The highest BCUT2D eigenvalue weighted by molar-refractivity contribution is 5.55. The highest BCUT2D eigenvalue weighted by Gasteiger charge is 2.35. The van der Waals surface area contributed by atoms with E-state index in [1.54, 1.807) is 0 Å². The predicted molar refractivity (Wildman–Crippen MR) is 83.4 cm³/mol. The molecule has 2 aliphatic rings. The normalized spacial score (nSPS) is 21.6. The largest absolute Gasteiger partial charge is 0.384 e. The highest BCUT2D eigenvalue weighted by Crippen LogP contribution is 2.35. The van der Waals surface area contributed by atoms with E-state index in [0.29, 0.717) is 5.41 Å². The van der Waals surface area contributed by atoms with Crippen LogP contribution in [0, 0.1) is 5.41 Å². The molecular weight excluding hydrogens is 248 g/mol. The number of nitrogens with zero attached hydrogens (tertiary/aromatic N) is 1. The molecular formula is C17H26N2O. The summed E-state index contributed by atoms with van der Waals surface area (Å²) in [5.41, 5.74) is 3.29. The minimum atomic E-state index is 0.324. The number of fused-ring (bicyclic) bond motifs is 1. The summed E-state index contributed by atoms with van der Waals surface area (Å²) in [5, 5.41) is 3.48. The van der Waals surface area contributed by atoms with Crippen molar-refractivity contribution in [1.82, 2.24) is 5.32 Å². The monoisotopic (exact) mass is 274 g/mol. The van der Waals surface area contributed by atoms with Gasteiger partial charge in [-0.05, 0) is 50.4 Å². The van der Waals surface area contributed by atoms with Gasteiger partial charge < -0.3 is 15.0 Å². The van der Waals surface area contributed by atoms with E-state index in [9.17, 15) is 0 Å². The summed E-state index contributed by atoms with van der Waals surface area (Å²) in [7, 11) is 1.84. The van der Waals surface area contributed by atoms with E-state index in [-0.39, 0.29) is 0 Å². The van der Waals surface area contributed by atoms with Crippen molar-refractivity contribution in [2.24, 2.45) is 5.41 Å². The Bertz CT molecular complexity index is 435. The van der Waals surface area contributed by atoms with Crippen molar-refractivity contribution in [3.8, 4) is 0 Å². The number of para-hydroxylation sites is 1. The quantitative estimate of drug-likeness (QED) is 0.913. The topological polar surface area (TPSA) is 24.5 Å². The first-order valence-electron chi connectivity index (χ1n) is 7.86. The molecule has 2 aliphatic heterocycles. The third-order valence-corrected chi connectivity index (χ3v) is 4.85. The van der Waals surface area contributed by atoms with E-state index in [4.69, 9.17) is 4.74 Å². The number of hydrogen-bond donors (Lipinski definition) is 1. The maximum Gasteiger partial charge on any atom is 0.0536 e. The van der Waals surface area contributed by atoms with Crippen LogP contribution in [0.25, 0.3) is 0 Å². The molecule has 20 heavy (non-hydrogen) atoms. The first-order chi connectivity index (χ1) is 9.83. The van der Waals surface area contributed by atoms with Gasteiger partial charge in [0.05, 0.1) is 6.61 Å². The summed E-state index contributed by atoms with van der Waals surface area (Å²) in [6.07, 6.45) is 4.95. The summed E-state index contributed by atoms with van der Waals surface area (Å²) < 4.78 is 5.56. The van der Waals surface area contributed by atoms with Crippen LogP contribution in [-0.4, -0.2) is 39.9 Å². The first-order valence-corrected chi connectivity index (χ1v) is 7.86. The van der Waals surface area contributed by atoms with Gasteiger partial charge >= 0.3 is 0 Å². The molecule has 3 heteroatoms. The number of rotatable bonds is 4. The van der Waals surface area contributed by atoms with Crippen LogP contribution in [0.1, 0.15) is 24.8 Å². The van der Waals surface area contributed by atoms with Crippen LogP contribution < -0.4 is 10.2 Å². The number of aryl methyl sites for hydroxylation is 1. The molecule has 1 N–H and O–H groups in total. The molecule has 0 radical (unpaired) electrons. The minimum absolute atomic E-state index is 0.324. The van der Waals surface area contributed by atoms with Gasteiger partial charge in [0.25, 0.3) is 0 Å². The lowest BCUT2D eigenvalue weighted by atomic mass is 9.78. The molecule has 0 amide bonds. The average molecular weight is 274 g/mol. The van der Waals surface area contributed by atoms with Crippen LogP contribution in [0.5, 0.6) is 0 Å². The molecule has 110 valence electrons. The summed E-state index contributed by atoms with van der Waals surface area (Å²) in [4.78, 5) is 2.60. The molecule has 0 aromatic heterocycles. The van der Waals surface area contributed by atoms with Gasteiger partial charge in [0, 0.05) is 31.3 Å². The van der Waals surface area contributed by atoms with Gasteiger partial charge in [-0.1, -0.05) is 18.2 Å². The maximum atomic E-state index is 5.56. The number of ether oxygens (including phenoxy) is 1. The zero-order chi connectivity index (χ0) is 13.8. The van der Waals surface area contributed by atoms with E-state index in [2.05, 4.69) is 34.5 Å². The predicted octanol–water partition coefficient (Wildman–Crippen LogP) is 2.46. The van der Waals surface area contributed by atoms with Crippen LogP contribution in [-0.2, 0) is 11.2 Å². The second-order valence-electron chi connectivity index (χ2n) is 6.34. The summed E-state index contributed by atoms with van der Waals surface area (Å²) in [6.45, 7) is 5.46. The van der Waals surface area contributed by atoms with E-state index in [0.717, 1.165) is 26.2 Å². The van der Waals surface area contributed by atoms with Crippen LogP contribution in [0.4, 0.5) is 5.69 Å². The summed E-state index contributed by atoms with van der Waals surface area (Å²) in [6, 6.07) is 8.91. The van der Waals surface area contributed by atoms with Crippen molar-refractivity contribution in [2.75, 3.05) is 44.8 Å². The van der Waals surface area contributed by atoms with Crippen LogP contribution >= 0.6 is 0 Å². The van der Waals surface area contributed by atoms with Gasteiger partial charge in [-0.2, -0.15) is 0 Å². The average Bonchev–Trinajstić information content (AvgIpc) is 2.49. The van der Waals surface area contributed by atoms with Crippen molar-refractivity contribution in [3.05, 3.63) is 29.8 Å². The Morgan fingerprint density at radius 1 is 1.25 bits per heavy atom. The fraction of sp³-hybridized carbons (Fsp3) is 0.647. The van der Waals surface area contributed by atoms with E-state index in [1.807, 2.05) is 7.11 Å².